The van der Waals surface area contributed by atoms with Gasteiger partial charge in [0.15, 0.2) is 0 Å². The number of amides is 1. The maximum Gasteiger partial charge on any atom is 0.337 e. The van der Waals surface area contributed by atoms with E-state index >= 15 is 0 Å². The lowest BCUT2D eigenvalue weighted by molar-refractivity contribution is -0.132. The van der Waals surface area contributed by atoms with Gasteiger partial charge in [-0.3, -0.25) is 4.79 Å². The molecule has 2 atom stereocenters. The average molecular weight is 554 g/mol. The van der Waals surface area contributed by atoms with E-state index in [1.54, 1.807) is 7.11 Å². The normalized spacial score (nSPS) is 22.6. The molecule has 1 amide bonds. The number of aromatic nitrogens is 1. The smallest absolute Gasteiger partial charge is 0.337 e. The van der Waals surface area contributed by atoms with Gasteiger partial charge in [-0.25, -0.2) is 4.79 Å². The van der Waals surface area contributed by atoms with Crippen LogP contribution in [0, 0.1) is 0 Å². The Balaban J connectivity index is 1.44. The molecule has 3 aromatic rings. The maximum atomic E-state index is 14.4. The zero-order valence-electron chi connectivity index (χ0n) is 24.3. The van der Waals surface area contributed by atoms with E-state index in [4.69, 9.17) is 9.47 Å². The van der Waals surface area contributed by atoms with Crippen LogP contribution in [-0.2, 0) is 16.1 Å². The molecule has 3 aliphatic heterocycles. The molecule has 1 aromatic heterocycles. The predicted octanol–water partition coefficient (Wildman–Crippen LogP) is 5.85. The largest absolute Gasteiger partial charge is 0.497 e. The SMILES string of the molecule is COC(=O)c1ccc2c(C3CCCCC3)c3n(c2c1)CC(C(=O)N1C2CCC1CN(C)C2)=Cc1cc(OC)ccc1-3. The fraction of sp³-hybridized carbons (Fsp3) is 0.471. The molecule has 3 fully saturated rings. The molecule has 4 heterocycles. The number of hydrogen-bond donors (Lipinski definition) is 0. The van der Waals surface area contributed by atoms with Crippen molar-refractivity contribution in [3.8, 4) is 17.0 Å². The minimum atomic E-state index is -0.346. The summed E-state index contributed by atoms with van der Waals surface area (Å²) in [6, 6.07) is 12.7. The molecule has 2 aromatic carbocycles. The fourth-order valence-electron chi connectivity index (χ4n) is 8.03. The Hall–Kier alpha value is -3.58. The number of nitrogens with zero attached hydrogens (tertiary/aromatic N) is 3. The van der Waals surface area contributed by atoms with Crippen molar-refractivity contribution in [1.82, 2.24) is 14.4 Å². The Bertz CT molecular complexity index is 1550. The maximum absolute atomic E-state index is 14.4. The lowest BCUT2D eigenvalue weighted by atomic mass is 9.81. The molecule has 41 heavy (non-hydrogen) atoms. The van der Waals surface area contributed by atoms with Gasteiger partial charge in [-0.05, 0) is 86.2 Å². The second-order valence-electron chi connectivity index (χ2n) is 12.3. The third kappa shape index (κ3) is 4.37. The molecular formula is C34H39N3O4. The molecule has 7 nitrogen and oxygen atoms in total. The number of methoxy groups -OCH3 is 2. The molecule has 1 saturated carbocycles. The molecule has 0 radical (unpaired) electrons. The quantitative estimate of drug-likeness (QED) is 0.379. The van der Waals surface area contributed by atoms with Gasteiger partial charge in [0.2, 0.25) is 0 Å². The number of likely N-dealkylation sites (N-methyl/N-ethyl adjacent to an activating group) is 1. The highest BCUT2D eigenvalue weighted by atomic mass is 16.5. The predicted molar refractivity (Wildman–Crippen MR) is 160 cm³/mol. The molecule has 4 aliphatic rings. The van der Waals surface area contributed by atoms with Crippen molar-refractivity contribution in [2.75, 3.05) is 34.4 Å². The summed E-state index contributed by atoms with van der Waals surface area (Å²) >= 11 is 0. The topological polar surface area (TPSA) is 64.0 Å². The molecule has 2 unspecified atom stereocenters. The van der Waals surface area contributed by atoms with Crippen molar-refractivity contribution < 1.29 is 19.1 Å². The van der Waals surface area contributed by atoms with E-state index in [9.17, 15) is 9.59 Å². The van der Waals surface area contributed by atoms with Crippen LogP contribution >= 0.6 is 0 Å². The van der Waals surface area contributed by atoms with Gasteiger partial charge in [-0.2, -0.15) is 0 Å². The Kier molecular flexibility index (Phi) is 6.65. The summed E-state index contributed by atoms with van der Waals surface area (Å²) < 4.78 is 13.1. The standard InChI is InChI=1S/C34H39N3O4/c1-35-19-25-10-11-26(20-35)37(25)33(38)24-15-23-16-27(40-2)12-14-28(23)32-31(21-7-5-4-6-8-21)29-13-9-22(34(39)41-3)17-30(29)36(32)18-24/h9,12-17,21,25-26H,4-8,10-11,18-20H2,1-3H3. The molecule has 0 N–H and O–H groups in total. The molecule has 214 valence electrons. The Labute approximate surface area is 241 Å². The second kappa shape index (κ2) is 10.4. The lowest BCUT2D eigenvalue weighted by Crippen LogP contribution is -2.55. The number of likely N-dealkylation sites (tertiary alicyclic amines) is 1. The molecule has 2 saturated heterocycles. The van der Waals surface area contributed by atoms with Crippen molar-refractivity contribution in [1.29, 1.82) is 0 Å². The van der Waals surface area contributed by atoms with Crippen molar-refractivity contribution >= 4 is 28.9 Å². The first kappa shape index (κ1) is 26.3. The van der Waals surface area contributed by atoms with Crippen LogP contribution in [0.2, 0.25) is 0 Å². The van der Waals surface area contributed by atoms with Crippen LogP contribution in [0.4, 0.5) is 0 Å². The van der Waals surface area contributed by atoms with Gasteiger partial charge in [-0.1, -0.05) is 25.3 Å². The number of carbonyl (C=O) groups is 2. The van der Waals surface area contributed by atoms with Crippen molar-refractivity contribution in [3.63, 3.8) is 0 Å². The van der Waals surface area contributed by atoms with Gasteiger partial charge in [0, 0.05) is 47.2 Å². The van der Waals surface area contributed by atoms with Crippen molar-refractivity contribution in [3.05, 3.63) is 58.7 Å². The van der Waals surface area contributed by atoms with Gasteiger partial charge >= 0.3 is 5.97 Å². The monoisotopic (exact) mass is 553 g/mol. The van der Waals surface area contributed by atoms with Crippen LogP contribution in [0.25, 0.3) is 28.2 Å². The molecule has 2 bridgehead atoms. The zero-order valence-corrected chi connectivity index (χ0v) is 24.3. The van der Waals surface area contributed by atoms with E-state index in [0.717, 1.165) is 66.7 Å². The first-order valence-corrected chi connectivity index (χ1v) is 15.1. The first-order chi connectivity index (χ1) is 20.0. The number of hydrogen-bond acceptors (Lipinski definition) is 5. The summed E-state index contributed by atoms with van der Waals surface area (Å²) in [5.74, 6) is 1.01. The highest BCUT2D eigenvalue weighted by Crippen LogP contribution is 2.47. The minimum absolute atomic E-state index is 0.136. The van der Waals surface area contributed by atoms with Gasteiger partial charge in [0.1, 0.15) is 5.75 Å². The van der Waals surface area contributed by atoms with Crippen LogP contribution in [0.3, 0.4) is 0 Å². The molecule has 1 aliphatic carbocycles. The van der Waals surface area contributed by atoms with E-state index in [1.807, 2.05) is 18.2 Å². The van der Waals surface area contributed by atoms with Gasteiger partial charge in [0.05, 0.1) is 32.0 Å². The summed E-state index contributed by atoms with van der Waals surface area (Å²) in [4.78, 5) is 31.6. The zero-order chi connectivity index (χ0) is 28.2. The first-order valence-electron chi connectivity index (χ1n) is 15.1. The molecular weight excluding hydrogens is 514 g/mol. The van der Waals surface area contributed by atoms with Gasteiger partial charge in [0.25, 0.3) is 5.91 Å². The van der Waals surface area contributed by atoms with E-state index in [0.29, 0.717) is 18.0 Å². The van der Waals surface area contributed by atoms with Crippen LogP contribution in [0.5, 0.6) is 5.75 Å². The van der Waals surface area contributed by atoms with E-state index in [2.05, 4.69) is 45.7 Å². The molecule has 7 rings (SSSR count). The highest BCUT2D eigenvalue weighted by molar-refractivity contribution is 6.04. The van der Waals surface area contributed by atoms with Crippen LogP contribution in [0.15, 0.2) is 42.0 Å². The van der Waals surface area contributed by atoms with Crippen molar-refractivity contribution in [2.45, 2.75) is 69.5 Å². The summed E-state index contributed by atoms with van der Waals surface area (Å²) in [5, 5.41) is 1.18. The molecule has 0 spiro atoms. The highest BCUT2D eigenvalue weighted by Gasteiger charge is 2.43. The Morgan fingerprint density at radius 1 is 0.902 bits per heavy atom. The lowest BCUT2D eigenvalue weighted by Gasteiger charge is -2.40. The summed E-state index contributed by atoms with van der Waals surface area (Å²) in [7, 11) is 5.27. The van der Waals surface area contributed by atoms with Gasteiger partial charge < -0.3 is 23.8 Å². The van der Waals surface area contributed by atoms with E-state index in [1.165, 1.54) is 43.0 Å². The number of piperazine rings is 1. The van der Waals surface area contributed by atoms with E-state index in [-0.39, 0.29) is 24.0 Å². The minimum Gasteiger partial charge on any atom is -0.497 e. The van der Waals surface area contributed by atoms with E-state index < -0.39 is 0 Å². The molecule has 7 heteroatoms. The second-order valence-corrected chi connectivity index (χ2v) is 12.3. The van der Waals surface area contributed by atoms with Gasteiger partial charge in [-0.15, -0.1) is 0 Å². The number of ether oxygens (including phenoxy) is 2. The third-order valence-electron chi connectivity index (χ3n) is 9.88. The number of rotatable bonds is 4. The fourth-order valence-corrected chi connectivity index (χ4v) is 8.03. The van der Waals surface area contributed by atoms with Crippen LogP contribution < -0.4 is 4.74 Å². The van der Waals surface area contributed by atoms with Crippen LogP contribution in [0.1, 0.15) is 72.3 Å². The number of fused-ring (bicyclic) bond motifs is 7. The third-order valence-corrected chi connectivity index (χ3v) is 9.88. The number of esters is 1. The van der Waals surface area contributed by atoms with Crippen molar-refractivity contribution in [2.24, 2.45) is 0 Å². The average Bonchev–Trinajstić information content (AvgIpc) is 3.39. The summed E-state index contributed by atoms with van der Waals surface area (Å²) in [5.41, 5.74) is 6.97. The number of carbonyl (C=O) groups excluding carboxylic acids is 2. The number of benzene rings is 2. The Morgan fingerprint density at radius 3 is 2.37 bits per heavy atom. The Morgan fingerprint density at radius 2 is 1.66 bits per heavy atom. The summed E-state index contributed by atoms with van der Waals surface area (Å²) in [6.07, 6.45) is 10.3. The summed E-state index contributed by atoms with van der Waals surface area (Å²) in [6.45, 7) is 2.31. The van der Waals surface area contributed by atoms with Crippen LogP contribution in [-0.4, -0.2) is 72.7 Å².